The van der Waals surface area contributed by atoms with Crippen LogP contribution in [-0.2, 0) is 13.6 Å². The van der Waals surface area contributed by atoms with E-state index in [0.29, 0.717) is 12.5 Å². The lowest BCUT2D eigenvalue weighted by atomic mass is 10.9. The Morgan fingerprint density at radius 1 is 1.50 bits per heavy atom. The summed E-state index contributed by atoms with van der Waals surface area (Å²) in [7, 11) is 5.21. The highest BCUT2D eigenvalue weighted by molar-refractivity contribution is 8.55. The molecule has 0 aliphatic rings. The molecule has 0 aliphatic carbocycles. The van der Waals surface area contributed by atoms with Crippen molar-refractivity contribution in [1.82, 2.24) is 4.90 Å². The van der Waals surface area contributed by atoms with Gasteiger partial charge in [0.1, 0.15) is 0 Å². The minimum atomic E-state index is -2.88. The molecule has 4 nitrogen and oxygen atoms in total. The third-order valence-electron chi connectivity index (χ3n) is 0.985. The van der Waals surface area contributed by atoms with Crippen LogP contribution in [0.15, 0.2) is 0 Å². The molecule has 12 heavy (non-hydrogen) atoms. The van der Waals surface area contributed by atoms with Crippen molar-refractivity contribution in [2.45, 2.75) is 6.92 Å². The van der Waals surface area contributed by atoms with Gasteiger partial charge < -0.3 is 9.05 Å². The topological polar surface area (TPSA) is 38.8 Å². The molecule has 0 aromatic rings. The quantitative estimate of drug-likeness (QED) is 0.498. The van der Waals surface area contributed by atoms with Gasteiger partial charge in [0.05, 0.1) is 12.5 Å². The van der Waals surface area contributed by atoms with Gasteiger partial charge in [0, 0.05) is 7.11 Å². The Labute approximate surface area is 77.9 Å². The van der Waals surface area contributed by atoms with Gasteiger partial charge in [-0.3, -0.25) is 4.90 Å². The first-order valence-corrected chi connectivity index (χ1v) is 6.77. The zero-order valence-corrected chi connectivity index (χ0v) is 9.65. The summed E-state index contributed by atoms with van der Waals surface area (Å²) in [5, 5.41) is 0. The Balaban J connectivity index is 3.88. The fraction of sp³-hybridized carbons (Fsp3) is 1.00. The maximum atomic E-state index is 11.6. The third-order valence-corrected chi connectivity index (χ3v) is 5.01. The molecule has 0 aromatic heterocycles. The van der Waals surface area contributed by atoms with E-state index in [9.17, 15) is 4.57 Å². The number of nitrogens with zero attached hydrogens (tertiary/aromatic N) is 1. The molecule has 0 amide bonds. The minimum Gasteiger partial charge on any atom is -0.304 e. The van der Waals surface area contributed by atoms with Crippen LogP contribution in [0.1, 0.15) is 6.92 Å². The molecule has 1 atom stereocenters. The summed E-state index contributed by atoms with van der Waals surface area (Å²) in [5.41, 5.74) is 0. The molecule has 0 radical (unpaired) electrons. The van der Waals surface area contributed by atoms with E-state index in [2.05, 4.69) is 0 Å². The van der Waals surface area contributed by atoms with E-state index in [4.69, 9.17) is 9.05 Å². The minimum absolute atomic E-state index is 0.408. The molecule has 0 fully saturated rings. The van der Waals surface area contributed by atoms with Crippen LogP contribution < -0.4 is 0 Å². The molecular formula is C6H16NO3PS. The molecule has 0 rings (SSSR count). The molecule has 0 N–H and O–H groups in total. The maximum absolute atomic E-state index is 11.6. The lowest BCUT2D eigenvalue weighted by Crippen LogP contribution is -2.10. The lowest BCUT2D eigenvalue weighted by Gasteiger charge is -2.16. The van der Waals surface area contributed by atoms with E-state index in [1.165, 1.54) is 18.5 Å². The molecule has 0 saturated heterocycles. The van der Waals surface area contributed by atoms with Crippen molar-refractivity contribution < 1.29 is 13.6 Å². The Morgan fingerprint density at radius 2 is 2.08 bits per heavy atom. The van der Waals surface area contributed by atoms with Crippen LogP contribution in [0, 0.1) is 0 Å². The summed E-state index contributed by atoms with van der Waals surface area (Å²) >= 11 is 1.19. The standard InChI is InChI=1S/C6H16NO3PS/c1-5-10-11(8,9-4)12-6-7(2)3/h5-6H2,1-4H3. The predicted molar refractivity (Wildman–Crippen MR) is 52.4 cm³/mol. The second-order valence-electron chi connectivity index (χ2n) is 2.39. The van der Waals surface area contributed by atoms with Crippen LogP contribution in [0.5, 0.6) is 0 Å². The normalized spacial score (nSPS) is 16.4. The highest BCUT2D eigenvalue weighted by atomic mass is 32.7. The summed E-state index contributed by atoms with van der Waals surface area (Å²) in [6, 6.07) is 0. The van der Waals surface area contributed by atoms with Gasteiger partial charge >= 0.3 is 6.80 Å². The van der Waals surface area contributed by atoms with Gasteiger partial charge in [0.15, 0.2) is 0 Å². The molecule has 0 aliphatic heterocycles. The Bertz CT molecular complexity index is 165. The van der Waals surface area contributed by atoms with Gasteiger partial charge in [0.2, 0.25) is 0 Å². The zero-order chi connectivity index (χ0) is 9.61. The van der Waals surface area contributed by atoms with Crippen LogP contribution in [0.2, 0.25) is 0 Å². The first-order chi connectivity index (χ1) is 5.54. The second-order valence-corrected chi connectivity index (χ2v) is 6.54. The molecule has 0 aromatic carbocycles. The molecular weight excluding hydrogens is 197 g/mol. The van der Waals surface area contributed by atoms with E-state index in [1.807, 2.05) is 19.0 Å². The van der Waals surface area contributed by atoms with Gasteiger partial charge in [-0.25, -0.2) is 4.57 Å². The van der Waals surface area contributed by atoms with Crippen LogP contribution in [0.4, 0.5) is 0 Å². The zero-order valence-electron chi connectivity index (χ0n) is 7.94. The number of hydrogen-bond acceptors (Lipinski definition) is 5. The van der Waals surface area contributed by atoms with Crippen LogP contribution in [-0.4, -0.2) is 38.6 Å². The molecule has 6 heteroatoms. The molecule has 0 bridgehead atoms. The summed E-state index contributed by atoms with van der Waals surface area (Å²) in [6.45, 7) is -0.677. The maximum Gasteiger partial charge on any atom is 0.390 e. The van der Waals surface area contributed by atoms with Crippen molar-refractivity contribution in [3.8, 4) is 0 Å². The van der Waals surface area contributed by atoms with E-state index >= 15 is 0 Å². The smallest absolute Gasteiger partial charge is 0.304 e. The molecule has 0 heterocycles. The van der Waals surface area contributed by atoms with Crippen molar-refractivity contribution in [1.29, 1.82) is 0 Å². The van der Waals surface area contributed by atoms with Crippen molar-refractivity contribution >= 4 is 18.2 Å². The summed E-state index contributed by atoms with van der Waals surface area (Å²) in [5.74, 6) is 0.630. The lowest BCUT2D eigenvalue weighted by molar-refractivity contribution is 0.261. The summed E-state index contributed by atoms with van der Waals surface area (Å²) in [4.78, 5) is 1.91. The monoisotopic (exact) mass is 213 g/mol. The SMILES string of the molecule is CCOP(=O)(OC)SCN(C)C. The van der Waals surface area contributed by atoms with E-state index in [-0.39, 0.29) is 0 Å². The third kappa shape index (κ3) is 5.17. The average Bonchev–Trinajstić information content (AvgIpc) is 2.02. The first kappa shape index (κ1) is 12.5. The van der Waals surface area contributed by atoms with Gasteiger partial charge in [0.25, 0.3) is 0 Å². The van der Waals surface area contributed by atoms with Gasteiger partial charge in [-0.2, -0.15) is 0 Å². The Hall–Kier alpha value is 0.460. The summed E-state index contributed by atoms with van der Waals surface area (Å²) in [6.07, 6.45) is 0. The number of hydrogen-bond donors (Lipinski definition) is 0. The average molecular weight is 213 g/mol. The number of rotatable bonds is 6. The van der Waals surface area contributed by atoms with Gasteiger partial charge in [-0.15, -0.1) is 0 Å². The highest BCUT2D eigenvalue weighted by Gasteiger charge is 2.22. The first-order valence-electron chi connectivity index (χ1n) is 3.63. The van der Waals surface area contributed by atoms with Crippen LogP contribution >= 0.6 is 18.2 Å². The largest absolute Gasteiger partial charge is 0.390 e. The second kappa shape index (κ2) is 6.00. The van der Waals surface area contributed by atoms with Crippen LogP contribution in [0.3, 0.4) is 0 Å². The van der Waals surface area contributed by atoms with E-state index in [0.717, 1.165) is 0 Å². The molecule has 1 unspecified atom stereocenters. The van der Waals surface area contributed by atoms with Crippen molar-refractivity contribution in [2.75, 3.05) is 33.7 Å². The molecule has 74 valence electrons. The molecule has 0 spiro atoms. The van der Waals surface area contributed by atoms with Gasteiger partial charge in [-0.1, -0.05) is 0 Å². The van der Waals surface area contributed by atoms with E-state index in [1.54, 1.807) is 6.92 Å². The fourth-order valence-corrected chi connectivity index (χ4v) is 3.43. The van der Waals surface area contributed by atoms with Gasteiger partial charge in [-0.05, 0) is 32.4 Å². The Morgan fingerprint density at radius 3 is 2.42 bits per heavy atom. The van der Waals surface area contributed by atoms with Crippen molar-refractivity contribution in [2.24, 2.45) is 0 Å². The highest BCUT2D eigenvalue weighted by Crippen LogP contribution is 2.59. The predicted octanol–water partition coefficient (Wildman–Crippen LogP) is 2.03. The van der Waals surface area contributed by atoms with Crippen molar-refractivity contribution in [3.05, 3.63) is 0 Å². The van der Waals surface area contributed by atoms with Crippen LogP contribution in [0.25, 0.3) is 0 Å². The Kier molecular flexibility index (Phi) is 6.23. The summed E-state index contributed by atoms with van der Waals surface area (Å²) < 4.78 is 21.4. The molecule has 0 saturated carbocycles. The van der Waals surface area contributed by atoms with E-state index < -0.39 is 6.80 Å². The van der Waals surface area contributed by atoms with Crippen molar-refractivity contribution in [3.63, 3.8) is 0 Å². The fourth-order valence-electron chi connectivity index (χ4n) is 0.487.